The highest BCUT2D eigenvalue weighted by Crippen LogP contribution is 2.36. The van der Waals surface area contributed by atoms with Crippen LogP contribution in [0.25, 0.3) is 0 Å². The molecule has 1 aliphatic heterocycles. The van der Waals surface area contributed by atoms with Crippen LogP contribution >= 0.6 is 11.6 Å². The minimum absolute atomic E-state index is 0.160. The van der Waals surface area contributed by atoms with E-state index in [1.165, 1.54) is 12.3 Å². The van der Waals surface area contributed by atoms with Crippen molar-refractivity contribution in [1.82, 2.24) is 9.88 Å². The predicted molar refractivity (Wildman–Crippen MR) is 104 cm³/mol. The van der Waals surface area contributed by atoms with Gasteiger partial charge in [0.05, 0.1) is 17.6 Å². The maximum atomic E-state index is 12.9. The molecule has 1 atom stereocenters. The van der Waals surface area contributed by atoms with Crippen molar-refractivity contribution in [3.8, 4) is 5.75 Å². The average molecular weight is 424 g/mol. The van der Waals surface area contributed by atoms with E-state index in [0.29, 0.717) is 23.4 Å². The summed E-state index contributed by atoms with van der Waals surface area (Å²) in [7, 11) is 0. The summed E-state index contributed by atoms with van der Waals surface area (Å²) in [5, 5.41) is 2.92. The molecule has 0 saturated carbocycles. The molecule has 29 heavy (non-hydrogen) atoms. The van der Waals surface area contributed by atoms with Crippen molar-refractivity contribution in [2.75, 3.05) is 11.9 Å². The summed E-state index contributed by atoms with van der Waals surface area (Å²) >= 11 is 6.16. The van der Waals surface area contributed by atoms with Crippen LogP contribution < -0.4 is 10.1 Å². The van der Waals surface area contributed by atoms with Crippen molar-refractivity contribution in [3.63, 3.8) is 0 Å². The van der Waals surface area contributed by atoms with Gasteiger partial charge < -0.3 is 15.0 Å². The van der Waals surface area contributed by atoms with Crippen LogP contribution in [0, 0.1) is 0 Å². The van der Waals surface area contributed by atoms with Gasteiger partial charge in [-0.1, -0.05) is 24.6 Å². The Kier molecular flexibility index (Phi) is 6.32. The lowest BCUT2D eigenvalue weighted by Crippen LogP contribution is -2.27. The molecule has 1 unspecified atom stereocenters. The number of carbonyl (C=O) groups is 2. The zero-order valence-corrected chi connectivity index (χ0v) is 16.7. The van der Waals surface area contributed by atoms with Crippen LogP contribution in [-0.2, 0) is 11.3 Å². The molecule has 0 bridgehead atoms. The molecular formula is C20H20ClF2N3O3. The summed E-state index contributed by atoms with van der Waals surface area (Å²) in [6, 6.07) is 6.08. The Hall–Kier alpha value is -2.74. The fourth-order valence-corrected chi connectivity index (χ4v) is 3.36. The number of benzene rings is 1. The van der Waals surface area contributed by atoms with Crippen LogP contribution in [0.4, 0.5) is 14.6 Å². The van der Waals surface area contributed by atoms with E-state index in [2.05, 4.69) is 10.3 Å². The number of nitrogens with one attached hydrogen (secondary N) is 1. The maximum Gasteiger partial charge on any atom is 0.272 e. The number of hydrogen-bond donors (Lipinski definition) is 1. The van der Waals surface area contributed by atoms with Crippen molar-refractivity contribution in [1.29, 1.82) is 0 Å². The van der Waals surface area contributed by atoms with Crippen LogP contribution in [-0.4, -0.2) is 34.7 Å². The number of alkyl halides is 2. The van der Waals surface area contributed by atoms with E-state index in [4.69, 9.17) is 16.3 Å². The first kappa shape index (κ1) is 21.0. The van der Waals surface area contributed by atoms with Gasteiger partial charge in [0.1, 0.15) is 18.2 Å². The average Bonchev–Trinajstić information content (AvgIpc) is 3.04. The van der Waals surface area contributed by atoms with Gasteiger partial charge in [0, 0.05) is 23.7 Å². The zero-order valence-electron chi connectivity index (χ0n) is 15.9. The number of aromatic nitrogens is 1. The molecule has 1 aliphatic rings. The van der Waals surface area contributed by atoms with Gasteiger partial charge in [0.2, 0.25) is 5.91 Å². The summed E-state index contributed by atoms with van der Waals surface area (Å²) in [6.45, 7) is 3.11. The number of pyridine rings is 1. The molecule has 154 valence electrons. The zero-order chi connectivity index (χ0) is 21.1. The number of fused-ring (bicyclic) bond motifs is 1. The quantitative estimate of drug-likeness (QED) is 0.714. The largest absolute Gasteiger partial charge is 0.486 e. The number of halogens is 3. The molecule has 0 aliphatic carbocycles. The molecule has 2 aromatic rings. The van der Waals surface area contributed by atoms with Gasteiger partial charge >= 0.3 is 0 Å². The standard InChI is InChI=1S/C20H20ClF2N3O3/c1-3-18(27)25-19-14-9-26(20(28)13(14)6-7-24-19)11(2)12-4-5-16(15(21)8-12)29-10-17(22)23/h4-8,11,17H,3,9-10H2,1-2H3,(H,24,25,27). The van der Waals surface area contributed by atoms with E-state index in [-0.39, 0.29) is 35.2 Å². The van der Waals surface area contributed by atoms with Crippen LogP contribution in [0.15, 0.2) is 30.5 Å². The van der Waals surface area contributed by atoms with Gasteiger partial charge in [0.25, 0.3) is 12.3 Å². The summed E-state index contributed by atoms with van der Waals surface area (Å²) < 4.78 is 29.6. The second-order valence-electron chi connectivity index (χ2n) is 6.59. The van der Waals surface area contributed by atoms with E-state index < -0.39 is 13.0 Å². The molecular weight excluding hydrogens is 404 g/mol. The Balaban J connectivity index is 1.81. The van der Waals surface area contributed by atoms with Crippen molar-refractivity contribution < 1.29 is 23.1 Å². The summed E-state index contributed by atoms with van der Waals surface area (Å²) in [4.78, 5) is 30.5. The normalized spacial score (nSPS) is 14.1. The van der Waals surface area contributed by atoms with E-state index >= 15 is 0 Å². The van der Waals surface area contributed by atoms with E-state index in [9.17, 15) is 18.4 Å². The molecule has 2 heterocycles. The Bertz CT molecular complexity index is 939. The molecule has 9 heteroatoms. The molecule has 3 rings (SSSR count). The highest BCUT2D eigenvalue weighted by atomic mass is 35.5. The van der Waals surface area contributed by atoms with Gasteiger partial charge in [-0.15, -0.1) is 0 Å². The first-order chi connectivity index (χ1) is 13.8. The van der Waals surface area contributed by atoms with Crippen molar-refractivity contribution >= 4 is 29.2 Å². The number of ether oxygens (including phenoxy) is 1. The highest BCUT2D eigenvalue weighted by molar-refractivity contribution is 6.32. The van der Waals surface area contributed by atoms with E-state index in [1.807, 2.05) is 6.92 Å². The fourth-order valence-electron chi connectivity index (χ4n) is 3.12. The first-order valence-electron chi connectivity index (χ1n) is 9.10. The number of nitrogens with zero attached hydrogens (tertiary/aromatic N) is 2. The summed E-state index contributed by atoms with van der Waals surface area (Å²) in [5.74, 6) is 0.172. The molecule has 6 nitrogen and oxygen atoms in total. The summed E-state index contributed by atoms with van der Waals surface area (Å²) in [6.07, 6.45) is -0.804. The third kappa shape index (κ3) is 4.48. The minimum atomic E-state index is -2.60. The fraction of sp³-hybridized carbons (Fsp3) is 0.350. The number of amides is 2. The number of rotatable bonds is 7. The lowest BCUT2D eigenvalue weighted by atomic mass is 10.1. The molecule has 0 fully saturated rings. The van der Waals surface area contributed by atoms with Gasteiger partial charge in [-0.2, -0.15) is 0 Å². The molecule has 2 amide bonds. The van der Waals surface area contributed by atoms with Crippen molar-refractivity contribution in [2.45, 2.75) is 39.3 Å². The number of anilines is 1. The molecule has 1 aromatic carbocycles. The molecule has 0 radical (unpaired) electrons. The van der Waals surface area contributed by atoms with Crippen LogP contribution in [0.5, 0.6) is 5.75 Å². The number of carbonyl (C=O) groups excluding carboxylic acids is 2. The topological polar surface area (TPSA) is 71.5 Å². The molecule has 0 spiro atoms. The smallest absolute Gasteiger partial charge is 0.272 e. The lowest BCUT2D eigenvalue weighted by Gasteiger charge is -2.25. The summed E-state index contributed by atoms with van der Waals surface area (Å²) in [5.41, 5.74) is 1.88. The monoisotopic (exact) mass is 423 g/mol. The molecule has 1 aromatic heterocycles. The van der Waals surface area contributed by atoms with E-state index in [0.717, 1.165) is 5.56 Å². The Morgan fingerprint density at radius 1 is 1.38 bits per heavy atom. The third-order valence-corrected chi connectivity index (χ3v) is 5.02. The molecule has 0 saturated heterocycles. The van der Waals surface area contributed by atoms with Gasteiger partial charge in [-0.25, -0.2) is 13.8 Å². The predicted octanol–water partition coefficient (Wildman–Crippen LogP) is 4.44. The maximum absolute atomic E-state index is 12.9. The Morgan fingerprint density at radius 3 is 2.79 bits per heavy atom. The van der Waals surface area contributed by atoms with Gasteiger partial charge in [-0.05, 0) is 30.7 Å². The second kappa shape index (κ2) is 8.73. The Morgan fingerprint density at radius 2 is 2.14 bits per heavy atom. The lowest BCUT2D eigenvalue weighted by molar-refractivity contribution is -0.115. The SMILES string of the molecule is CCC(=O)Nc1nccc2c1CN(C(C)c1ccc(OCC(F)F)c(Cl)c1)C2=O. The third-order valence-electron chi connectivity index (χ3n) is 4.73. The van der Waals surface area contributed by atoms with E-state index in [1.54, 1.807) is 30.0 Å². The first-order valence-corrected chi connectivity index (χ1v) is 9.48. The van der Waals surface area contributed by atoms with Crippen LogP contribution in [0.2, 0.25) is 5.02 Å². The minimum Gasteiger partial charge on any atom is -0.486 e. The molecule has 1 N–H and O–H groups in total. The van der Waals surface area contributed by atoms with Crippen molar-refractivity contribution in [2.24, 2.45) is 0 Å². The Labute approximate surface area is 171 Å². The van der Waals surface area contributed by atoms with Crippen LogP contribution in [0.3, 0.4) is 0 Å². The van der Waals surface area contributed by atoms with Crippen LogP contribution in [0.1, 0.15) is 47.8 Å². The number of hydrogen-bond acceptors (Lipinski definition) is 4. The van der Waals surface area contributed by atoms with Crippen molar-refractivity contribution in [3.05, 3.63) is 52.2 Å². The van der Waals surface area contributed by atoms with Gasteiger partial charge in [0.15, 0.2) is 0 Å². The highest BCUT2D eigenvalue weighted by Gasteiger charge is 2.34. The second-order valence-corrected chi connectivity index (χ2v) is 7.00. The van der Waals surface area contributed by atoms with Gasteiger partial charge in [-0.3, -0.25) is 9.59 Å².